The van der Waals surface area contributed by atoms with Crippen LogP contribution >= 0.6 is 11.6 Å². The lowest BCUT2D eigenvalue weighted by Crippen LogP contribution is -2.21. The highest BCUT2D eigenvalue weighted by molar-refractivity contribution is 6.30. The summed E-state index contributed by atoms with van der Waals surface area (Å²) in [6.45, 7) is 1.93. The molecule has 4 aromatic rings. The SMILES string of the molecule is CCCC(C(=O)Nc1oc(-c2ccccc2)nc1-c1cccc(Cl)c1)c1ccc(F)cc1O. The van der Waals surface area contributed by atoms with E-state index in [2.05, 4.69) is 10.3 Å². The summed E-state index contributed by atoms with van der Waals surface area (Å²) < 4.78 is 19.5. The van der Waals surface area contributed by atoms with Gasteiger partial charge in [-0.15, -0.1) is 0 Å². The first-order valence-corrected chi connectivity index (χ1v) is 11.0. The summed E-state index contributed by atoms with van der Waals surface area (Å²) in [5.74, 6) is -1.41. The molecule has 0 radical (unpaired) electrons. The Bertz CT molecular complexity index is 1270. The molecule has 0 saturated carbocycles. The van der Waals surface area contributed by atoms with E-state index in [9.17, 15) is 14.3 Å². The molecule has 0 saturated heterocycles. The number of aromatic hydroxyl groups is 1. The van der Waals surface area contributed by atoms with Gasteiger partial charge < -0.3 is 9.52 Å². The third-order valence-corrected chi connectivity index (χ3v) is 5.48. The number of amides is 1. The van der Waals surface area contributed by atoms with E-state index in [1.165, 1.54) is 12.1 Å². The van der Waals surface area contributed by atoms with E-state index >= 15 is 0 Å². The Morgan fingerprint density at radius 2 is 1.85 bits per heavy atom. The topological polar surface area (TPSA) is 75.4 Å². The molecule has 1 unspecified atom stereocenters. The normalized spacial score (nSPS) is 11.8. The summed E-state index contributed by atoms with van der Waals surface area (Å²) in [6, 6.07) is 20.1. The second-order valence-electron chi connectivity index (χ2n) is 7.61. The molecule has 0 fully saturated rings. The number of nitrogens with one attached hydrogen (secondary N) is 1. The van der Waals surface area contributed by atoms with Crippen LogP contribution in [0.15, 0.2) is 77.2 Å². The highest BCUT2D eigenvalue weighted by atomic mass is 35.5. The van der Waals surface area contributed by atoms with E-state index in [-0.39, 0.29) is 11.6 Å². The average Bonchev–Trinajstić information content (AvgIpc) is 3.22. The number of hydrogen-bond acceptors (Lipinski definition) is 4. The number of benzene rings is 3. The van der Waals surface area contributed by atoms with Crippen LogP contribution < -0.4 is 5.32 Å². The number of rotatable bonds is 7. The monoisotopic (exact) mass is 464 g/mol. The smallest absolute Gasteiger partial charge is 0.234 e. The molecule has 1 amide bonds. The van der Waals surface area contributed by atoms with Crippen molar-refractivity contribution in [2.75, 3.05) is 5.32 Å². The number of halogens is 2. The van der Waals surface area contributed by atoms with Crippen LogP contribution in [-0.2, 0) is 4.79 Å². The lowest BCUT2D eigenvalue weighted by atomic mass is 9.92. The second kappa shape index (κ2) is 9.88. The molecule has 0 aliphatic rings. The fourth-order valence-electron chi connectivity index (χ4n) is 3.67. The minimum absolute atomic E-state index is 0.170. The molecule has 3 aromatic carbocycles. The van der Waals surface area contributed by atoms with Gasteiger partial charge in [0.25, 0.3) is 0 Å². The number of carbonyl (C=O) groups is 1. The summed E-state index contributed by atoms with van der Waals surface area (Å²) in [4.78, 5) is 17.9. The minimum Gasteiger partial charge on any atom is -0.508 e. The molecule has 7 heteroatoms. The minimum atomic E-state index is -0.701. The Morgan fingerprint density at radius 3 is 2.55 bits per heavy atom. The van der Waals surface area contributed by atoms with Gasteiger partial charge in [0.15, 0.2) is 0 Å². The van der Waals surface area contributed by atoms with Gasteiger partial charge in [-0.25, -0.2) is 9.37 Å². The molecule has 0 aliphatic carbocycles. The number of oxazole rings is 1. The molecular formula is C26H22ClFN2O3. The first-order valence-electron chi connectivity index (χ1n) is 10.6. The van der Waals surface area contributed by atoms with E-state index in [0.717, 1.165) is 11.6 Å². The Kier molecular flexibility index (Phi) is 6.75. The van der Waals surface area contributed by atoms with Gasteiger partial charge in [-0.05, 0) is 36.8 Å². The molecule has 1 aromatic heterocycles. The molecule has 0 spiro atoms. The predicted octanol–water partition coefficient (Wildman–Crippen LogP) is 7.03. The van der Waals surface area contributed by atoms with Crippen LogP contribution in [-0.4, -0.2) is 16.0 Å². The molecule has 1 atom stereocenters. The predicted molar refractivity (Wildman–Crippen MR) is 127 cm³/mol. The van der Waals surface area contributed by atoms with Crippen molar-refractivity contribution in [1.82, 2.24) is 4.98 Å². The summed E-state index contributed by atoms with van der Waals surface area (Å²) >= 11 is 6.17. The Balaban J connectivity index is 1.73. The van der Waals surface area contributed by atoms with Gasteiger partial charge in [0, 0.05) is 27.8 Å². The maximum atomic E-state index is 13.5. The zero-order valence-electron chi connectivity index (χ0n) is 17.9. The van der Waals surface area contributed by atoms with Crippen molar-refractivity contribution in [2.45, 2.75) is 25.7 Å². The van der Waals surface area contributed by atoms with Crippen molar-refractivity contribution in [1.29, 1.82) is 0 Å². The number of nitrogens with zero attached hydrogens (tertiary/aromatic N) is 1. The van der Waals surface area contributed by atoms with Crippen LogP contribution in [0.3, 0.4) is 0 Å². The number of phenols is 1. The van der Waals surface area contributed by atoms with Gasteiger partial charge in [-0.2, -0.15) is 0 Å². The summed E-state index contributed by atoms with van der Waals surface area (Å²) in [6.07, 6.45) is 1.14. The Morgan fingerprint density at radius 1 is 1.09 bits per heavy atom. The molecule has 1 heterocycles. The van der Waals surface area contributed by atoms with Crippen molar-refractivity contribution >= 4 is 23.4 Å². The van der Waals surface area contributed by atoms with Gasteiger partial charge in [0.2, 0.25) is 17.7 Å². The lowest BCUT2D eigenvalue weighted by molar-refractivity contribution is -0.117. The zero-order chi connectivity index (χ0) is 23.4. The lowest BCUT2D eigenvalue weighted by Gasteiger charge is -2.17. The maximum absolute atomic E-state index is 13.5. The van der Waals surface area contributed by atoms with E-state index in [4.69, 9.17) is 16.0 Å². The molecule has 168 valence electrons. The van der Waals surface area contributed by atoms with Crippen molar-refractivity contribution < 1.29 is 18.7 Å². The van der Waals surface area contributed by atoms with Crippen molar-refractivity contribution in [3.8, 4) is 28.5 Å². The van der Waals surface area contributed by atoms with Crippen molar-refractivity contribution in [2.24, 2.45) is 0 Å². The zero-order valence-corrected chi connectivity index (χ0v) is 18.6. The molecule has 2 N–H and O–H groups in total. The van der Waals surface area contributed by atoms with Crippen LogP contribution in [0, 0.1) is 5.82 Å². The standard InChI is InChI=1S/C26H22ClFN2O3/c1-2-7-21(20-13-12-19(28)15-22(20)31)24(32)30-26-23(17-10-6-11-18(27)14-17)29-25(33-26)16-8-4-3-5-9-16/h3-6,8-15,21,31H,2,7H2,1H3,(H,30,32). The first-order chi connectivity index (χ1) is 16.0. The van der Waals surface area contributed by atoms with Crippen LogP contribution in [0.25, 0.3) is 22.7 Å². The van der Waals surface area contributed by atoms with E-state index < -0.39 is 17.6 Å². The average molecular weight is 465 g/mol. The fraction of sp³-hybridized carbons (Fsp3) is 0.154. The quantitative estimate of drug-likeness (QED) is 0.308. The van der Waals surface area contributed by atoms with Crippen molar-refractivity contribution in [3.05, 3.63) is 89.2 Å². The summed E-state index contributed by atoms with van der Waals surface area (Å²) in [7, 11) is 0. The van der Waals surface area contributed by atoms with E-state index in [1.807, 2.05) is 43.3 Å². The van der Waals surface area contributed by atoms with Crippen molar-refractivity contribution in [3.63, 3.8) is 0 Å². The molecule has 33 heavy (non-hydrogen) atoms. The van der Waals surface area contributed by atoms with E-state index in [1.54, 1.807) is 18.2 Å². The van der Waals surface area contributed by atoms with Crippen LogP contribution in [0.2, 0.25) is 5.02 Å². The second-order valence-corrected chi connectivity index (χ2v) is 8.04. The fourth-order valence-corrected chi connectivity index (χ4v) is 3.86. The number of phenolic OH excluding ortho intramolecular Hbond substituents is 1. The molecular weight excluding hydrogens is 443 g/mol. The third kappa shape index (κ3) is 5.07. The number of carbonyl (C=O) groups excluding carboxylic acids is 1. The van der Waals surface area contributed by atoms with E-state index in [0.29, 0.717) is 40.6 Å². The van der Waals surface area contributed by atoms with Gasteiger partial charge >= 0.3 is 0 Å². The third-order valence-electron chi connectivity index (χ3n) is 5.24. The Hall–Kier alpha value is -3.64. The van der Waals surface area contributed by atoms with Gasteiger partial charge in [0.1, 0.15) is 17.3 Å². The number of hydrogen-bond donors (Lipinski definition) is 2. The van der Waals surface area contributed by atoms with Crippen LogP contribution in [0.5, 0.6) is 5.75 Å². The first kappa shape index (κ1) is 22.6. The molecule has 5 nitrogen and oxygen atoms in total. The van der Waals surface area contributed by atoms with Crippen LogP contribution in [0.1, 0.15) is 31.2 Å². The van der Waals surface area contributed by atoms with Crippen LogP contribution in [0.4, 0.5) is 10.3 Å². The van der Waals surface area contributed by atoms with Gasteiger partial charge in [-0.3, -0.25) is 10.1 Å². The summed E-state index contributed by atoms with van der Waals surface area (Å²) in [5, 5.41) is 13.6. The maximum Gasteiger partial charge on any atom is 0.234 e. The Labute approximate surface area is 195 Å². The van der Waals surface area contributed by atoms with Gasteiger partial charge in [-0.1, -0.05) is 61.3 Å². The summed E-state index contributed by atoms with van der Waals surface area (Å²) in [5.41, 5.74) is 2.22. The molecule has 0 aliphatic heterocycles. The van der Waals surface area contributed by atoms with Gasteiger partial charge in [0.05, 0.1) is 5.92 Å². The number of anilines is 1. The molecule has 0 bridgehead atoms. The highest BCUT2D eigenvalue weighted by Crippen LogP contribution is 2.36. The highest BCUT2D eigenvalue weighted by Gasteiger charge is 2.26. The largest absolute Gasteiger partial charge is 0.508 e. The number of aromatic nitrogens is 1. The molecule has 4 rings (SSSR count).